The molecular weight excluding hydrogens is 88.1 g/mol. The Kier molecular flexibility index (Phi) is 1.65. The van der Waals surface area contributed by atoms with Crippen molar-refractivity contribution in [2.75, 3.05) is 13.1 Å². The molecule has 0 spiro atoms. The van der Waals surface area contributed by atoms with Gasteiger partial charge in [-0.2, -0.15) is 0 Å². The van der Waals surface area contributed by atoms with Crippen molar-refractivity contribution in [1.29, 1.82) is 0 Å². The Morgan fingerprint density at radius 3 is 2.71 bits per heavy atom. The van der Waals surface area contributed by atoms with E-state index in [9.17, 15) is 0 Å². The second kappa shape index (κ2) is 2.28. The molecule has 2 heteroatoms. The Bertz CT molecular complexity index is 48.0. The molecule has 1 aliphatic heterocycles. The van der Waals surface area contributed by atoms with E-state index in [1.807, 2.05) is 0 Å². The molecule has 0 saturated carbocycles. The fraction of sp³-hybridized carbons (Fsp3) is 1.00. The number of hydrogen-bond donors (Lipinski definition) is 2. The van der Waals surface area contributed by atoms with Gasteiger partial charge in [0.25, 0.3) is 0 Å². The van der Waals surface area contributed by atoms with Gasteiger partial charge in [0.05, 0.1) is 6.04 Å². The van der Waals surface area contributed by atoms with Gasteiger partial charge in [-0.3, -0.25) is 0 Å². The monoisotopic (exact) mass is 101 g/mol. The van der Waals surface area contributed by atoms with E-state index in [2.05, 4.69) is 11.1 Å². The molecule has 0 amide bonds. The summed E-state index contributed by atoms with van der Waals surface area (Å²) in [7, 11) is 0. The maximum atomic E-state index is 3.94. The van der Waals surface area contributed by atoms with Crippen LogP contribution in [-0.4, -0.2) is 19.1 Å². The molecule has 0 unspecified atom stereocenters. The largest absolute Gasteiger partial charge is 0.354 e. The standard InChI is InChI=1S/C5H12N2/c6-5-2-1-3-7-4-5/h5,7H,1-4,6H2/p+1/t5-/m0/s1. The molecule has 1 heterocycles. The highest BCUT2D eigenvalue weighted by molar-refractivity contribution is 4.64. The Morgan fingerprint density at radius 1 is 1.57 bits per heavy atom. The fourth-order valence-electron chi connectivity index (χ4n) is 0.924. The van der Waals surface area contributed by atoms with Crippen molar-refractivity contribution in [2.24, 2.45) is 0 Å². The minimum Gasteiger partial charge on any atom is -0.354 e. The van der Waals surface area contributed by atoms with Crippen LogP contribution < -0.4 is 11.1 Å². The van der Waals surface area contributed by atoms with Crippen molar-refractivity contribution in [2.45, 2.75) is 18.9 Å². The third-order valence-electron chi connectivity index (χ3n) is 1.40. The number of nitrogens with one attached hydrogen (secondary N) is 1. The number of quaternary nitrogens is 1. The molecule has 0 aromatic rings. The quantitative estimate of drug-likeness (QED) is 0.403. The highest BCUT2D eigenvalue weighted by Crippen LogP contribution is 1.94. The van der Waals surface area contributed by atoms with Gasteiger partial charge in [-0.1, -0.05) is 0 Å². The summed E-state index contributed by atoms with van der Waals surface area (Å²) < 4.78 is 0. The lowest BCUT2D eigenvalue weighted by Gasteiger charge is -2.14. The average molecular weight is 101 g/mol. The molecule has 42 valence electrons. The van der Waals surface area contributed by atoms with Crippen molar-refractivity contribution in [1.82, 2.24) is 5.32 Å². The molecular formula is C5H13N2+. The zero-order valence-corrected chi connectivity index (χ0v) is 4.61. The van der Waals surface area contributed by atoms with E-state index in [0.29, 0.717) is 6.04 Å². The fourth-order valence-corrected chi connectivity index (χ4v) is 0.924. The van der Waals surface area contributed by atoms with Gasteiger partial charge in [0.15, 0.2) is 0 Å². The highest BCUT2D eigenvalue weighted by atomic mass is 14.9. The van der Waals surface area contributed by atoms with Crippen LogP contribution in [0.2, 0.25) is 0 Å². The summed E-state index contributed by atoms with van der Waals surface area (Å²) in [4.78, 5) is 0. The average Bonchev–Trinajstić information content (AvgIpc) is 1.69. The molecule has 1 aliphatic rings. The van der Waals surface area contributed by atoms with Crippen LogP contribution in [0.3, 0.4) is 0 Å². The maximum Gasteiger partial charge on any atom is 0.0970 e. The van der Waals surface area contributed by atoms with Gasteiger partial charge >= 0.3 is 0 Å². The molecule has 0 aromatic heterocycles. The summed E-state index contributed by atoms with van der Waals surface area (Å²) in [5.74, 6) is 0. The van der Waals surface area contributed by atoms with Crippen LogP contribution >= 0.6 is 0 Å². The summed E-state index contributed by atoms with van der Waals surface area (Å²) in [6, 6.07) is 0.675. The molecule has 1 saturated heterocycles. The lowest BCUT2D eigenvalue weighted by molar-refractivity contribution is -0.421. The molecule has 1 atom stereocenters. The van der Waals surface area contributed by atoms with Gasteiger partial charge in [0.1, 0.15) is 0 Å². The first-order valence-electron chi connectivity index (χ1n) is 2.93. The lowest BCUT2D eigenvalue weighted by atomic mass is 10.1. The zero-order valence-electron chi connectivity index (χ0n) is 4.61. The molecule has 0 aromatic carbocycles. The minimum atomic E-state index is 0.675. The topological polar surface area (TPSA) is 39.7 Å². The van der Waals surface area contributed by atoms with Crippen LogP contribution in [0.1, 0.15) is 12.8 Å². The van der Waals surface area contributed by atoms with E-state index in [1.54, 1.807) is 0 Å². The molecule has 1 fully saturated rings. The van der Waals surface area contributed by atoms with Crippen LogP contribution in [0.5, 0.6) is 0 Å². The Labute approximate surface area is 44.1 Å². The molecule has 2 nitrogen and oxygen atoms in total. The summed E-state index contributed by atoms with van der Waals surface area (Å²) >= 11 is 0. The van der Waals surface area contributed by atoms with E-state index >= 15 is 0 Å². The summed E-state index contributed by atoms with van der Waals surface area (Å²) in [5.41, 5.74) is 3.94. The van der Waals surface area contributed by atoms with Gasteiger partial charge in [-0.15, -0.1) is 0 Å². The summed E-state index contributed by atoms with van der Waals surface area (Å²) in [5, 5.41) is 3.27. The predicted molar refractivity (Wildman–Crippen MR) is 28.8 cm³/mol. The second-order valence-electron chi connectivity index (χ2n) is 2.21. The van der Waals surface area contributed by atoms with Gasteiger partial charge in [0, 0.05) is 13.0 Å². The molecule has 4 N–H and O–H groups in total. The van der Waals surface area contributed by atoms with Crippen molar-refractivity contribution < 1.29 is 5.73 Å². The summed E-state index contributed by atoms with van der Waals surface area (Å²) in [6.45, 7) is 2.33. The van der Waals surface area contributed by atoms with Gasteiger partial charge in [-0.25, -0.2) is 0 Å². The first-order valence-corrected chi connectivity index (χ1v) is 2.93. The first kappa shape index (κ1) is 5.06. The van der Waals surface area contributed by atoms with Gasteiger partial charge in [0.2, 0.25) is 0 Å². The smallest absolute Gasteiger partial charge is 0.0970 e. The third kappa shape index (κ3) is 1.45. The molecule has 0 radical (unpaired) electrons. The van der Waals surface area contributed by atoms with Crippen LogP contribution in [0, 0.1) is 0 Å². The molecule has 1 rings (SSSR count). The van der Waals surface area contributed by atoms with Crippen LogP contribution in [0.25, 0.3) is 0 Å². The SMILES string of the molecule is [NH3+][C@H]1CCCNC1. The molecule has 0 bridgehead atoms. The van der Waals surface area contributed by atoms with Gasteiger partial charge in [-0.05, 0) is 13.0 Å². The van der Waals surface area contributed by atoms with E-state index in [1.165, 1.54) is 19.4 Å². The zero-order chi connectivity index (χ0) is 5.11. The number of hydrogen-bond acceptors (Lipinski definition) is 1. The van der Waals surface area contributed by atoms with Crippen LogP contribution in [0.4, 0.5) is 0 Å². The lowest BCUT2D eigenvalue weighted by Crippen LogP contribution is -2.66. The van der Waals surface area contributed by atoms with Crippen molar-refractivity contribution >= 4 is 0 Å². The minimum absolute atomic E-state index is 0.675. The van der Waals surface area contributed by atoms with Crippen LogP contribution in [0.15, 0.2) is 0 Å². The van der Waals surface area contributed by atoms with Crippen molar-refractivity contribution in [3.05, 3.63) is 0 Å². The Hall–Kier alpha value is -0.0800. The third-order valence-corrected chi connectivity index (χ3v) is 1.40. The van der Waals surface area contributed by atoms with Crippen molar-refractivity contribution in [3.63, 3.8) is 0 Å². The normalized spacial score (nSPS) is 33.0. The van der Waals surface area contributed by atoms with E-state index in [4.69, 9.17) is 0 Å². The number of rotatable bonds is 0. The number of piperidine rings is 1. The Morgan fingerprint density at radius 2 is 2.43 bits per heavy atom. The van der Waals surface area contributed by atoms with Crippen molar-refractivity contribution in [3.8, 4) is 0 Å². The molecule has 0 aliphatic carbocycles. The Balaban J connectivity index is 2.12. The summed E-state index contributed by atoms with van der Waals surface area (Å²) in [6.07, 6.45) is 2.63. The highest BCUT2D eigenvalue weighted by Gasteiger charge is 2.08. The first-order chi connectivity index (χ1) is 3.39. The van der Waals surface area contributed by atoms with E-state index < -0.39 is 0 Å². The maximum absolute atomic E-state index is 3.94. The predicted octanol–water partition coefficient (Wildman–Crippen LogP) is -1.02. The van der Waals surface area contributed by atoms with E-state index in [-0.39, 0.29) is 0 Å². The molecule has 7 heavy (non-hydrogen) atoms. The second-order valence-corrected chi connectivity index (χ2v) is 2.21. The van der Waals surface area contributed by atoms with Gasteiger partial charge < -0.3 is 11.1 Å². The van der Waals surface area contributed by atoms with Crippen LogP contribution in [-0.2, 0) is 0 Å². The van der Waals surface area contributed by atoms with E-state index in [0.717, 1.165) is 6.54 Å².